The maximum atomic E-state index is 12.1. The molecule has 0 aliphatic carbocycles. The number of nitrogens with one attached hydrogen (secondary N) is 1. The van der Waals surface area contributed by atoms with Crippen LogP contribution in [0.4, 0.5) is 4.79 Å². The largest absolute Gasteiger partial charge is 0.378 e. The number of ether oxygens (including phenoxy) is 1. The maximum Gasteiger partial charge on any atom is 0.317 e. The summed E-state index contributed by atoms with van der Waals surface area (Å²) in [5.41, 5.74) is 3.65. The molecule has 22 heavy (non-hydrogen) atoms. The van der Waals surface area contributed by atoms with Gasteiger partial charge in [-0.2, -0.15) is 0 Å². The van der Waals surface area contributed by atoms with Crippen LogP contribution in [0.1, 0.15) is 42.4 Å². The molecule has 1 aromatic rings. The first kappa shape index (κ1) is 16.8. The summed E-state index contributed by atoms with van der Waals surface area (Å²) in [6.07, 6.45) is 4.80. The standard InChI is InChI=1S/C18H28N2O2/c1-14-8-9-16(15(2)12-14)13-19-18(21)20(3)10-4-6-17-7-5-11-22-17/h8-9,12,17H,4-7,10-11,13H2,1-3H3,(H,19,21)/t17-/m1/s1. The summed E-state index contributed by atoms with van der Waals surface area (Å²) in [5, 5.41) is 2.99. The Morgan fingerprint density at radius 1 is 1.41 bits per heavy atom. The molecule has 1 N–H and O–H groups in total. The van der Waals surface area contributed by atoms with Gasteiger partial charge in [-0.3, -0.25) is 0 Å². The van der Waals surface area contributed by atoms with Gasteiger partial charge in [0.1, 0.15) is 0 Å². The molecule has 2 rings (SSSR count). The van der Waals surface area contributed by atoms with Crippen molar-refractivity contribution in [3.63, 3.8) is 0 Å². The number of hydrogen-bond acceptors (Lipinski definition) is 2. The number of rotatable bonds is 6. The monoisotopic (exact) mass is 304 g/mol. The van der Waals surface area contributed by atoms with E-state index in [0.717, 1.165) is 26.0 Å². The molecule has 1 fully saturated rings. The van der Waals surface area contributed by atoms with Gasteiger partial charge in [-0.1, -0.05) is 23.8 Å². The predicted molar refractivity (Wildman–Crippen MR) is 89.0 cm³/mol. The Kier molecular flexibility index (Phi) is 6.25. The first-order valence-electron chi connectivity index (χ1n) is 8.23. The predicted octanol–water partition coefficient (Wildman–Crippen LogP) is 3.40. The molecule has 1 aromatic carbocycles. The Balaban J connectivity index is 1.69. The van der Waals surface area contributed by atoms with Gasteiger partial charge in [0, 0.05) is 26.7 Å². The van der Waals surface area contributed by atoms with Gasteiger partial charge in [-0.25, -0.2) is 4.79 Å². The molecule has 122 valence electrons. The number of nitrogens with zero attached hydrogens (tertiary/aromatic N) is 1. The number of aryl methyl sites for hydroxylation is 2. The molecule has 1 heterocycles. The van der Waals surface area contributed by atoms with E-state index in [1.807, 2.05) is 7.05 Å². The van der Waals surface area contributed by atoms with Crippen LogP contribution in [0.15, 0.2) is 18.2 Å². The number of hydrogen-bond donors (Lipinski definition) is 1. The van der Waals surface area contributed by atoms with Gasteiger partial charge in [0.25, 0.3) is 0 Å². The third-order valence-corrected chi connectivity index (χ3v) is 4.32. The molecule has 1 aliphatic heterocycles. The molecular weight excluding hydrogens is 276 g/mol. The van der Waals surface area contributed by atoms with Gasteiger partial charge >= 0.3 is 6.03 Å². The van der Waals surface area contributed by atoms with E-state index in [0.29, 0.717) is 12.6 Å². The van der Waals surface area contributed by atoms with E-state index in [2.05, 4.69) is 37.4 Å². The van der Waals surface area contributed by atoms with Gasteiger partial charge in [-0.05, 0) is 50.7 Å². The van der Waals surface area contributed by atoms with Crippen molar-refractivity contribution in [2.45, 2.75) is 52.2 Å². The van der Waals surface area contributed by atoms with Gasteiger partial charge in [-0.15, -0.1) is 0 Å². The van der Waals surface area contributed by atoms with Crippen molar-refractivity contribution in [1.82, 2.24) is 10.2 Å². The van der Waals surface area contributed by atoms with Crippen LogP contribution in [0, 0.1) is 13.8 Å². The van der Waals surface area contributed by atoms with Crippen LogP contribution in [0.25, 0.3) is 0 Å². The van der Waals surface area contributed by atoms with Crippen molar-refractivity contribution in [2.75, 3.05) is 20.2 Å². The third-order valence-electron chi connectivity index (χ3n) is 4.32. The Labute approximate surface area is 133 Å². The summed E-state index contributed by atoms with van der Waals surface area (Å²) in [6.45, 7) is 6.42. The highest BCUT2D eigenvalue weighted by Crippen LogP contribution is 2.16. The van der Waals surface area contributed by atoms with Crippen molar-refractivity contribution < 1.29 is 9.53 Å². The molecule has 4 nitrogen and oxygen atoms in total. The second kappa shape index (κ2) is 8.18. The van der Waals surface area contributed by atoms with Crippen molar-refractivity contribution in [1.29, 1.82) is 0 Å². The highest BCUT2D eigenvalue weighted by molar-refractivity contribution is 5.73. The number of carbonyl (C=O) groups is 1. The van der Waals surface area contributed by atoms with Gasteiger partial charge in [0.05, 0.1) is 6.10 Å². The zero-order chi connectivity index (χ0) is 15.9. The summed E-state index contributed by atoms with van der Waals surface area (Å²) < 4.78 is 5.60. The summed E-state index contributed by atoms with van der Waals surface area (Å²) in [5.74, 6) is 0. The SMILES string of the molecule is Cc1ccc(CNC(=O)N(C)CCC[C@@H]2CCCO2)c(C)c1. The van der Waals surface area contributed by atoms with Crippen LogP contribution in [-0.4, -0.2) is 37.2 Å². The lowest BCUT2D eigenvalue weighted by molar-refractivity contribution is 0.100. The Morgan fingerprint density at radius 3 is 2.91 bits per heavy atom. The number of carbonyl (C=O) groups excluding carboxylic acids is 1. The number of urea groups is 1. The van der Waals surface area contributed by atoms with E-state index in [9.17, 15) is 4.79 Å². The quantitative estimate of drug-likeness (QED) is 0.875. The van der Waals surface area contributed by atoms with Gasteiger partial charge in [0.15, 0.2) is 0 Å². The minimum atomic E-state index is -0.00712. The van der Waals surface area contributed by atoms with Crippen LogP contribution in [0.5, 0.6) is 0 Å². The van der Waals surface area contributed by atoms with Crippen LogP contribution < -0.4 is 5.32 Å². The fourth-order valence-corrected chi connectivity index (χ4v) is 2.88. The van der Waals surface area contributed by atoms with Gasteiger partial charge in [0.2, 0.25) is 0 Å². The Morgan fingerprint density at radius 2 is 2.23 bits per heavy atom. The summed E-state index contributed by atoms with van der Waals surface area (Å²) in [7, 11) is 1.85. The Hall–Kier alpha value is -1.55. The highest BCUT2D eigenvalue weighted by Gasteiger charge is 2.16. The molecule has 1 saturated heterocycles. The second-order valence-electron chi connectivity index (χ2n) is 6.29. The first-order valence-corrected chi connectivity index (χ1v) is 8.23. The molecule has 0 spiro atoms. The first-order chi connectivity index (χ1) is 10.6. The van der Waals surface area contributed by atoms with Gasteiger partial charge < -0.3 is 15.0 Å². The maximum absolute atomic E-state index is 12.1. The molecule has 0 saturated carbocycles. The molecule has 1 aliphatic rings. The zero-order valence-electron chi connectivity index (χ0n) is 14.0. The van der Waals surface area contributed by atoms with Crippen LogP contribution >= 0.6 is 0 Å². The molecule has 0 aromatic heterocycles. The molecule has 0 bridgehead atoms. The van der Waals surface area contributed by atoms with Crippen LogP contribution in [0.2, 0.25) is 0 Å². The lowest BCUT2D eigenvalue weighted by Gasteiger charge is -2.19. The molecule has 1 atom stereocenters. The fourth-order valence-electron chi connectivity index (χ4n) is 2.88. The highest BCUT2D eigenvalue weighted by atomic mass is 16.5. The minimum Gasteiger partial charge on any atom is -0.378 e. The average Bonchev–Trinajstić information content (AvgIpc) is 2.99. The fraction of sp³-hybridized carbons (Fsp3) is 0.611. The second-order valence-corrected chi connectivity index (χ2v) is 6.29. The molecule has 4 heteroatoms. The normalized spacial score (nSPS) is 17.5. The smallest absolute Gasteiger partial charge is 0.317 e. The Bertz CT molecular complexity index is 496. The summed E-state index contributed by atoms with van der Waals surface area (Å²) >= 11 is 0. The molecule has 0 radical (unpaired) electrons. The number of benzene rings is 1. The summed E-state index contributed by atoms with van der Waals surface area (Å²) in [4.78, 5) is 13.9. The zero-order valence-corrected chi connectivity index (χ0v) is 14.0. The van der Waals surface area contributed by atoms with E-state index in [4.69, 9.17) is 4.74 Å². The number of amides is 2. The average molecular weight is 304 g/mol. The van der Waals surface area contributed by atoms with Crippen molar-refractivity contribution in [3.8, 4) is 0 Å². The van der Waals surface area contributed by atoms with Crippen molar-refractivity contribution in [2.24, 2.45) is 0 Å². The van der Waals surface area contributed by atoms with Crippen molar-refractivity contribution >= 4 is 6.03 Å². The lowest BCUT2D eigenvalue weighted by Crippen LogP contribution is -2.37. The van der Waals surface area contributed by atoms with Crippen LogP contribution in [0.3, 0.4) is 0 Å². The van der Waals surface area contributed by atoms with E-state index < -0.39 is 0 Å². The van der Waals surface area contributed by atoms with Crippen molar-refractivity contribution in [3.05, 3.63) is 34.9 Å². The summed E-state index contributed by atoms with van der Waals surface area (Å²) in [6, 6.07) is 6.31. The topological polar surface area (TPSA) is 41.6 Å². The van der Waals surface area contributed by atoms with E-state index in [-0.39, 0.29) is 6.03 Å². The molecule has 0 unspecified atom stereocenters. The minimum absolute atomic E-state index is 0.00712. The van der Waals surface area contributed by atoms with Crippen LogP contribution in [-0.2, 0) is 11.3 Å². The molecular formula is C18H28N2O2. The lowest BCUT2D eigenvalue weighted by atomic mass is 10.1. The third kappa shape index (κ3) is 5.02. The molecule has 2 amide bonds. The van der Waals surface area contributed by atoms with E-state index in [1.54, 1.807) is 4.90 Å². The van der Waals surface area contributed by atoms with E-state index in [1.165, 1.54) is 29.5 Å². The van der Waals surface area contributed by atoms with E-state index >= 15 is 0 Å².